The van der Waals surface area contributed by atoms with Crippen molar-refractivity contribution in [2.24, 2.45) is 0 Å². The van der Waals surface area contributed by atoms with E-state index in [1.165, 1.54) is 13.0 Å². The van der Waals surface area contributed by atoms with Crippen LogP contribution in [0, 0.1) is 6.92 Å². The van der Waals surface area contributed by atoms with Crippen molar-refractivity contribution >= 4 is 16.9 Å². The molecular weight excluding hydrogens is 308 g/mol. The average Bonchev–Trinajstić information content (AvgIpc) is 2.57. The summed E-state index contributed by atoms with van der Waals surface area (Å²) in [7, 11) is 0. The van der Waals surface area contributed by atoms with Crippen LogP contribution in [0.25, 0.3) is 22.1 Å². The second-order valence-electron chi connectivity index (χ2n) is 5.49. The van der Waals surface area contributed by atoms with Gasteiger partial charge in [-0.05, 0) is 37.1 Å². The molecule has 0 saturated heterocycles. The molecule has 1 atom stereocenters. The van der Waals surface area contributed by atoms with E-state index in [9.17, 15) is 14.7 Å². The maximum Gasteiger partial charge on any atom is 0.336 e. The summed E-state index contributed by atoms with van der Waals surface area (Å²) in [5, 5.41) is 11.6. The SMILES string of the molecule is Cc1c(OC(C)C(=O)[O-])ccc2c(-c3ccccc3)cc(=O)oc12. The molecule has 1 unspecified atom stereocenters. The molecule has 0 spiro atoms. The summed E-state index contributed by atoms with van der Waals surface area (Å²) in [6.07, 6.45) is -1.11. The van der Waals surface area contributed by atoms with E-state index in [1.807, 2.05) is 30.3 Å². The predicted octanol–water partition coefficient (Wildman–Crippen LogP) is 2.29. The van der Waals surface area contributed by atoms with Gasteiger partial charge in [0.05, 0.1) is 5.97 Å². The normalized spacial score (nSPS) is 12.1. The van der Waals surface area contributed by atoms with E-state index >= 15 is 0 Å². The predicted molar refractivity (Wildman–Crippen MR) is 87.8 cm³/mol. The summed E-state index contributed by atoms with van der Waals surface area (Å²) in [5.41, 5.74) is 2.12. The van der Waals surface area contributed by atoms with Gasteiger partial charge in [-0.3, -0.25) is 0 Å². The molecule has 1 aromatic heterocycles. The topological polar surface area (TPSA) is 79.6 Å². The molecule has 0 aliphatic rings. The van der Waals surface area contributed by atoms with Gasteiger partial charge in [-0.2, -0.15) is 0 Å². The van der Waals surface area contributed by atoms with Crippen LogP contribution in [0.5, 0.6) is 5.75 Å². The van der Waals surface area contributed by atoms with Crippen LogP contribution in [0.4, 0.5) is 0 Å². The van der Waals surface area contributed by atoms with Crippen molar-refractivity contribution in [3.63, 3.8) is 0 Å². The summed E-state index contributed by atoms with van der Waals surface area (Å²) in [6, 6.07) is 14.4. The van der Waals surface area contributed by atoms with Gasteiger partial charge in [0.15, 0.2) is 0 Å². The fraction of sp³-hybridized carbons (Fsp3) is 0.158. The number of carbonyl (C=O) groups excluding carboxylic acids is 1. The third-order valence-corrected chi connectivity index (χ3v) is 3.83. The molecule has 0 aliphatic heterocycles. The maximum atomic E-state index is 12.0. The number of rotatable bonds is 4. The summed E-state index contributed by atoms with van der Waals surface area (Å²) < 4.78 is 10.7. The van der Waals surface area contributed by atoms with Crippen LogP contribution in [0.15, 0.2) is 57.7 Å². The molecular formula is C19H15O5-. The number of fused-ring (bicyclic) bond motifs is 1. The third-order valence-electron chi connectivity index (χ3n) is 3.83. The van der Waals surface area contributed by atoms with Crippen molar-refractivity contribution in [3.05, 3.63) is 64.5 Å². The molecule has 24 heavy (non-hydrogen) atoms. The fourth-order valence-electron chi connectivity index (χ4n) is 2.57. The molecule has 0 radical (unpaired) electrons. The highest BCUT2D eigenvalue weighted by molar-refractivity contribution is 5.95. The average molecular weight is 323 g/mol. The molecule has 5 heteroatoms. The van der Waals surface area contributed by atoms with Gasteiger partial charge in [0.2, 0.25) is 0 Å². The number of aliphatic carboxylic acids is 1. The van der Waals surface area contributed by atoms with Crippen LogP contribution in [0.1, 0.15) is 12.5 Å². The van der Waals surface area contributed by atoms with E-state index in [0.717, 1.165) is 16.5 Å². The molecule has 5 nitrogen and oxygen atoms in total. The molecule has 2 aromatic carbocycles. The summed E-state index contributed by atoms with van der Waals surface area (Å²) in [6.45, 7) is 3.10. The molecule has 0 aliphatic carbocycles. The van der Waals surface area contributed by atoms with Crippen LogP contribution in [0.3, 0.4) is 0 Å². The molecule has 0 bridgehead atoms. The highest BCUT2D eigenvalue weighted by Gasteiger charge is 2.14. The summed E-state index contributed by atoms with van der Waals surface area (Å²) in [4.78, 5) is 22.8. The summed E-state index contributed by atoms with van der Waals surface area (Å²) >= 11 is 0. The minimum atomic E-state index is -1.31. The van der Waals surface area contributed by atoms with Crippen LogP contribution < -0.4 is 15.5 Å². The van der Waals surface area contributed by atoms with Crippen molar-refractivity contribution in [1.82, 2.24) is 0 Å². The first kappa shape index (κ1) is 15.8. The Labute approximate surface area is 138 Å². The highest BCUT2D eigenvalue weighted by atomic mass is 16.5. The van der Waals surface area contributed by atoms with Crippen LogP contribution >= 0.6 is 0 Å². The lowest BCUT2D eigenvalue weighted by Crippen LogP contribution is -2.37. The number of benzene rings is 2. The number of carboxylic acid groups (broad SMARTS) is 1. The summed E-state index contributed by atoms with van der Waals surface area (Å²) in [5.74, 6) is -0.971. The van der Waals surface area contributed by atoms with E-state index < -0.39 is 17.7 Å². The molecule has 122 valence electrons. The first-order valence-electron chi connectivity index (χ1n) is 7.48. The fourth-order valence-corrected chi connectivity index (χ4v) is 2.57. The lowest BCUT2D eigenvalue weighted by atomic mass is 10.00. The Bertz CT molecular complexity index is 957. The van der Waals surface area contributed by atoms with Crippen molar-refractivity contribution in [1.29, 1.82) is 0 Å². The third kappa shape index (κ3) is 2.88. The van der Waals surface area contributed by atoms with Gasteiger partial charge in [0.1, 0.15) is 17.4 Å². The van der Waals surface area contributed by atoms with Crippen LogP contribution in [-0.4, -0.2) is 12.1 Å². The lowest BCUT2D eigenvalue weighted by molar-refractivity contribution is -0.312. The maximum absolute atomic E-state index is 12.0. The largest absolute Gasteiger partial charge is 0.546 e. The van der Waals surface area contributed by atoms with Gasteiger partial charge in [0.25, 0.3) is 0 Å². The number of aryl methyl sites for hydroxylation is 1. The van der Waals surface area contributed by atoms with Crippen molar-refractivity contribution in [2.75, 3.05) is 0 Å². The first-order chi connectivity index (χ1) is 11.5. The van der Waals surface area contributed by atoms with Crippen molar-refractivity contribution < 1.29 is 19.1 Å². The van der Waals surface area contributed by atoms with E-state index in [-0.39, 0.29) is 0 Å². The Morgan fingerprint density at radius 2 is 1.88 bits per heavy atom. The van der Waals surface area contributed by atoms with Crippen molar-refractivity contribution in [3.8, 4) is 16.9 Å². The van der Waals surface area contributed by atoms with E-state index in [1.54, 1.807) is 19.1 Å². The Hall–Kier alpha value is -3.08. The number of hydrogen-bond acceptors (Lipinski definition) is 5. The smallest absolute Gasteiger partial charge is 0.336 e. The number of carboxylic acids is 1. The number of carbonyl (C=O) groups is 1. The Balaban J connectivity index is 2.19. The van der Waals surface area contributed by atoms with E-state index in [0.29, 0.717) is 16.9 Å². The molecule has 0 saturated carbocycles. The molecule has 0 amide bonds. The quantitative estimate of drug-likeness (QED) is 0.688. The van der Waals surface area contributed by atoms with Gasteiger partial charge in [0, 0.05) is 17.0 Å². The minimum absolute atomic E-state index is 0.340. The zero-order valence-corrected chi connectivity index (χ0v) is 13.2. The number of ether oxygens (including phenoxy) is 1. The Morgan fingerprint density at radius 1 is 1.17 bits per heavy atom. The van der Waals surface area contributed by atoms with Crippen LogP contribution in [-0.2, 0) is 4.79 Å². The standard InChI is InChI=1S/C19H16O5/c1-11-16(23-12(2)19(21)22)9-8-14-15(10-17(20)24-18(11)14)13-6-4-3-5-7-13/h3-10,12H,1-2H3,(H,21,22)/p-1. The second-order valence-corrected chi connectivity index (χ2v) is 5.49. The van der Waals surface area contributed by atoms with E-state index in [4.69, 9.17) is 9.15 Å². The van der Waals surface area contributed by atoms with Crippen LogP contribution in [0.2, 0.25) is 0 Å². The van der Waals surface area contributed by atoms with E-state index in [2.05, 4.69) is 0 Å². The van der Waals surface area contributed by atoms with Crippen molar-refractivity contribution in [2.45, 2.75) is 20.0 Å². The molecule has 0 N–H and O–H groups in total. The molecule has 1 heterocycles. The molecule has 3 rings (SSSR count). The van der Waals surface area contributed by atoms with Gasteiger partial charge in [-0.15, -0.1) is 0 Å². The minimum Gasteiger partial charge on any atom is -0.546 e. The molecule has 0 fully saturated rings. The van der Waals surface area contributed by atoms with Gasteiger partial charge in [-0.25, -0.2) is 4.79 Å². The Morgan fingerprint density at radius 3 is 2.54 bits per heavy atom. The monoisotopic (exact) mass is 323 g/mol. The van der Waals surface area contributed by atoms with Gasteiger partial charge < -0.3 is 19.1 Å². The number of hydrogen-bond donors (Lipinski definition) is 0. The molecule has 3 aromatic rings. The van der Waals surface area contributed by atoms with Gasteiger partial charge >= 0.3 is 5.63 Å². The highest BCUT2D eigenvalue weighted by Crippen LogP contribution is 2.33. The first-order valence-corrected chi connectivity index (χ1v) is 7.48. The second kappa shape index (κ2) is 6.20. The Kier molecular flexibility index (Phi) is 4.08. The van der Waals surface area contributed by atoms with Gasteiger partial charge in [-0.1, -0.05) is 30.3 Å². The lowest BCUT2D eigenvalue weighted by Gasteiger charge is -2.18. The zero-order valence-electron chi connectivity index (χ0n) is 13.2. The zero-order chi connectivity index (χ0) is 17.3.